The summed E-state index contributed by atoms with van der Waals surface area (Å²) in [5.74, 6) is 0.588. The van der Waals surface area contributed by atoms with Crippen LogP contribution in [0.3, 0.4) is 0 Å². The molecule has 0 fully saturated rings. The second-order valence-electron chi connectivity index (χ2n) is 4.99. The number of furan rings is 1. The van der Waals surface area contributed by atoms with E-state index in [0.717, 1.165) is 15.6 Å². The summed E-state index contributed by atoms with van der Waals surface area (Å²) in [7, 11) is 0. The van der Waals surface area contributed by atoms with Gasteiger partial charge >= 0.3 is 0 Å². The standard InChI is InChI=1S/C19H13ClN2O2S/c20-16-5-8-18(9-6-16)25-19-10-7-17(24-19)12-22-23-13-15-4-2-1-3-14(15)11-21/h1-10,12H,13H2/b22-12-. The van der Waals surface area contributed by atoms with Gasteiger partial charge in [0.1, 0.15) is 18.6 Å². The molecular weight excluding hydrogens is 356 g/mol. The van der Waals surface area contributed by atoms with Gasteiger partial charge in [-0.15, -0.1) is 0 Å². The smallest absolute Gasteiger partial charge is 0.165 e. The van der Waals surface area contributed by atoms with E-state index in [1.807, 2.05) is 54.6 Å². The van der Waals surface area contributed by atoms with Gasteiger partial charge in [-0.25, -0.2) is 0 Å². The SMILES string of the molecule is N#Cc1ccccc1CO/N=C\c1ccc(Sc2ccc(Cl)cc2)o1. The van der Waals surface area contributed by atoms with Gasteiger partial charge in [0, 0.05) is 15.5 Å². The first-order valence-electron chi connectivity index (χ1n) is 7.41. The molecule has 0 spiro atoms. The van der Waals surface area contributed by atoms with Gasteiger partial charge in [-0.2, -0.15) is 5.26 Å². The first-order chi connectivity index (χ1) is 12.2. The van der Waals surface area contributed by atoms with Crippen molar-refractivity contribution in [2.45, 2.75) is 16.6 Å². The molecule has 0 atom stereocenters. The molecule has 124 valence electrons. The van der Waals surface area contributed by atoms with Gasteiger partial charge in [0.25, 0.3) is 0 Å². The van der Waals surface area contributed by atoms with Crippen LogP contribution in [0.25, 0.3) is 0 Å². The van der Waals surface area contributed by atoms with E-state index < -0.39 is 0 Å². The second kappa shape index (κ2) is 8.43. The van der Waals surface area contributed by atoms with Crippen LogP contribution in [0.15, 0.2) is 80.2 Å². The van der Waals surface area contributed by atoms with E-state index in [4.69, 9.17) is 26.1 Å². The zero-order valence-corrected chi connectivity index (χ0v) is 14.6. The Balaban J connectivity index is 1.55. The summed E-state index contributed by atoms with van der Waals surface area (Å²) in [6, 6.07) is 20.6. The van der Waals surface area contributed by atoms with E-state index in [0.29, 0.717) is 16.3 Å². The average Bonchev–Trinajstić information content (AvgIpc) is 3.08. The Morgan fingerprint density at radius 2 is 1.92 bits per heavy atom. The van der Waals surface area contributed by atoms with Gasteiger partial charge in [0.15, 0.2) is 5.09 Å². The summed E-state index contributed by atoms with van der Waals surface area (Å²) in [4.78, 5) is 6.28. The Bertz CT molecular complexity index is 914. The molecule has 25 heavy (non-hydrogen) atoms. The number of halogens is 1. The molecule has 2 aromatic carbocycles. The number of nitriles is 1. The fraction of sp³-hybridized carbons (Fsp3) is 0.0526. The lowest BCUT2D eigenvalue weighted by atomic mass is 10.1. The van der Waals surface area contributed by atoms with E-state index in [-0.39, 0.29) is 6.61 Å². The van der Waals surface area contributed by atoms with Crippen molar-refractivity contribution in [3.63, 3.8) is 0 Å². The summed E-state index contributed by atoms with van der Waals surface area (Å²) < 4.78 is 5.66. The number of hydrogen-bond donors (Lipinski definition) is 0. The fourth-order valence-electron chi connectivity index (χ4n) is 2.03. The van der Waals surface area contributed by atoms with E-state index in [2.05, 4.69) is 11.2 Å². The predicted molar refractivity (Wildman–Crippen MR) is 97.8 cm³/mol. The van der Waals surface area contributed by atoms with Gasteiger partial charge in [0.2, 0.25) is 0 Å². The minimum Gasteiger partial charge on any atom is -0.448 e. The maximum absolute atomic E-state index is 9.02. The van der Waals surface area contributed by atoms with Crippen LogP contribution in [0, 0.1) is 11.3 Å². The van der Waals surface area contributed by atoms with Crippen LogP contribution in [0.1, 0.15) is 16.9 Å². The van der Waals surface area contributed by atoms with Crippen molar-refractivity contribution < 1.29 is 9.25 Å². The Labute approximate surface area is 154 Å². The van der Waals surface area contributed by atoms with Crippen molar-refractivity contribution in [3.8, 4) is 6.07 Å². The molecule has 3 aromatic rings. The van der Waals surface area contributed by atoms with Gasteiger partial charge < -0.3 is 9.25 Å². The molecule has 0 aliphatic heterocycles. The zero-order chi connectivity index (χ0) is 17.5. The fourth-order valence-corrected chi connectivity index (χ4v) is 2.93. The Morgan fingerprint density at radius 3 is 2.72 bits per heavy atom. The third-order valence-electron chi connectivity index (χ3n) is 3.25. The van der Waals surface area contributed by atoms with E-state index in [1.54, 1.807) is 6.07 Å². The minimum absolute atomic E-state index is 0.229. The van der Waals surface area contributed by atoms with Crippen molar-refractivity contribution in [1.82, 2.24) is 0 Å². The molecule has 0 bridgehead atoms. The molecule has 0 saturated heterocycles. The number of hydrogen-bond acceptors (Lipinski definition) is 5. The normalized spacial score (nSPS) is 10.7. The molecule has 0 aliphatic carbocycles. The molecule has 6 heteroatoms. The topological polar surface area (TPSA) is 58.5 Å². The number of nitrogens with zero attached hydrogens (tertiary/aromatic N) is 2. The highest BCUT2D eigenvalue weighted by Crippen LogP contribution is 2.29. The van der Waals surface area contributed by atoms with Crippen molar-refractivity contribution in [2.24, 2.45) is 5.16 Å². The van der Waals surface area contributed by atoms with Crippen molar-refractivity contribution in [3.05, 3.63) is 82.6 Å². The Kier molecular flexibility index (Phi) is 5.78. The maximum Gasteiger partial charge on any atom is 0.165 e. The quantitative estimate of drug-likeness (QED) is 0.425. The molecule has 3 rings (SSSR count). The van der Waals surface area contributed by atoms with E-state index >= 15 is 0 Å². The monoisotopic (exact) mass is 368 g/mol. The van der Waals surface area contributed by atoms with Crippen LogP contribution in [-0.4, -0.2) is 6.21 Å². The summed E-state index contributed by atoms with van der Waals surface area (Å²) in [6.45, 7) is 0.229. The number of benzene rings is 2. The summed E-state index contributed by atoms with van der Waals surface area (Å²) in [6.07, 6.45) is 1.50. The first-order valence-corrected chi connectivity index (χ1v) is 8.60. The number of rotatable bonds is 6. The molecule has 1 heterocycles. The van der Waals surface area contributed by atoms with Gasteiger partial charge in [0.05, 0.1) is 11.6 Å². The molecule has 0 amide bonds. The lowest BCUT2D eigenvalue weighted by molar-refractivity contribution is 0.131. The Morgan fingerprint density at radius 1 is 1.12 bits per heavy atom. The highest BCUT2D eigenvalue weighted by molar-refractivity contribution is 7.99. The molecule has 0 aliphatic rings. The lowest BCUT2D eigenvalue weighted by Crippen LogP contribution is -1.91. The summed E-state index contributed by atoms with van der Waals surface area (Å²) >= 11 is 7.37. The lowest BCUT2D eigenvalue weighted by Gasteiger charge is -2.01. The van der Waals surface area contributed by atoms with Gasteiger partial charge in [-0.05, 0) is 42.5 Å². The predicted octanol–water partition coefficient (Wildman–Crippen LogP) is 5.51. The molecule has 0 N–H and O–H groups in total. The van der Waals surface area contributed by atoms with Gasteiger partial charge in [-0.1, -0.05) is 46.7 Å². The number of oxime groups is 1. The van der Waals surface area contributed by atoms with E-state index in [1.165, 1.54) is 18.0 Å². The third-order valence-corrected chi connectivity index (χ3v) is 4.43. The molecule has 4 nitrogen and oxygen atoms in total. The molecular formula is C19H13ClN2O2S. The van der Waals surface area contributed by atoms with E-state index in [9.17, 15) is 0 Å². The average molecular weight is 369 g/mol. The highest BCUT2D eigenvalue weighted by Gasteiger charge is 2.04. The zero-order valence-electron chi connectivity index (χ0n) is 13.1. The van der Waals surface area contributed by atoms with Gasteiger partial charge in [-0.3, -0.25) is 0 Å². The van der Waals surface area contributed by atoms with Crippen LogP contribution >= 0.6 is 23.4 Å². The van der Waals surface area contributed by atoms with Crippen molar-refractivity contribution >= 4 is 29.6 Å². The molecule has 0 unspecified atom stereocenters. The van der Waals surface area contributed by atoms with Crippen LogP contribution in [0.5, 0.6) is 0 Å². The third kappa shape index (κ3) is 4.90. The highest BCUT2D eigenvalue weighted by atomic mass is 35.5. The first kappa shape index (κ1) is 17.2. The van der Waals surface area contributed by atoms with Crippen LogP contribution in [-0.2, 0) is 11.4 Å². The minimum atomic E-state index is 0.229. The largest absolute Gasteiger partial charge is 0.448 e. The summed E-state index contributed by atoms with van der Waals surface area (Å²) in [5, 5.41) is 14.4. The van der Waals surface area contributed by atoms with Crippen LogP contribution in [0.4, 0.5) is 0 Å². The van der Waals surface area contributed by atoms with Crippen LogP contribution < -0.4 is 0 Å². The van der Waals surface area contributed by atoms with Crippen molar-refractivity contribution in [2.75, 3.05) is 0 Å². The second-order valence-corrected chi connectivity index (χ2v) is 6.50. The van der Waals surface area contributed by atoms with Crippen molar-refractivity contribution in [1.29, 1.82) is 5.26 Å². The molecule has 0 saturated carbocycles. The maximum atomic E-state index is 9.02. The molecule has 0 radical (unpaired) electrons. The Hall–Kier alpha value is -2.68. The van der Waals surface area contributed by atoms with Crippen LogP contribution in [0.2, 0.25) is 5.02 Å². The molecule has 1 aromatic heterocycles. The summed E-state index contributed by atoms with van der Waals surface area (Å²) in [5.41, 5.74) is 1.37.